The molecule has 0 saturated carbocycles. The number of carbonyl (C=O) groups is 2. The minimum atomic E-state index is -0.816. The molecular formula is C15H20N2O3. The molecular weight excluding hydrogens is 256 g/mol. The Morgan fingerprint density at radius 2 is 1.85 bits per heavy atom. The molecule has 0 bridgehead atoms. The predicted octanol–water partition coefficient (Wildman–Crippen LogP) is 1.23. The van der Waals surface area contributed by atoms with Gasteiger partial charge in [0.25, 0.3) is 5.91 Å². The monoisotopic (exact) mass is 276 g/mol. The maximum Gasteiger partial charge on any atom is 0.320 e. The number of hydrogen-bond acceptors (Lipinski definition) is 3. The first-order valence-corrected chi connectivity index (χ1v) is 6.82. The van der Waals surface area contributed by atoms with E-state index in [9.17, 15) is 9.59 Å². The highest BCUT2D eigenvalue weighted by atomic mass is 16.4. The van der Waals surface area contributed by atoms with E-state index in [-0.39, 0.29) is 5.91 Å². The number of hydrogen-bond donors (Lipinski definition) is 1. The van der Waals surface area contributed by atoms with Gasteiger partial charge in [-0.1, -0.05) is 17.7 Å². The molecule has 1 N–H and O–H groups in total. The lowest BCUT2D eigenvalue weighted by molar-refractivity contribution is -0.143. The number of piperazine rings is 1. The Kier molecular flexibility index (Phi) is 4.39. The minimum absolute atomic E-state index is 0.0244. The van der Waals surface area contributed by atoms with Crippen molar-refractivity contribution in [3.63, 3.8) is 0 Å². The van der Waals surface area contributed by atoms with Crippen molar-refractivity contribution in [2.24, 2.45) is 0 Å². The average molecular weight is 276 g/mol. The van der Waals surface area contributed by atoms with E-state index in [1.807, 2.05) is 36.1 Å². The van der Waals surface area contributed by atoms with Gasteiger partial charge in [0.15, 0.2) is 0 Å². The lowest BCUT2D eigenvalue weighted by Crippen LogP contribution is -2.53. The molecule has 20 heavy (non-hydrogen) atoms. The van der Waals surface area contributed by atoms with E-state index in [1.54, 1.807) is 11.8 Å². The molecule has 1 aromatic rings. The van der Waals surface area contributed by atoms with E-state index < -0.39 is 12.0 Å². The molecule has 1 heterocycles. The Hall–Kier alpha value is -1.88. The van der Waals surface area contributed by atoms with Crippen LogP contribution in [-0.2, 0) is 4.79 Å². The molecule has 5 heteroatoms. The lowest BCUT2D eigenvalue weighted by atomic mass is 10.1. The number of carboxylic acid groups (broad SMARTS) is 1. The minimum Gasteiger partial charge on any atom is -0.480 e. The fraction of sp³-hybridized carbons (Fsp3) is 0.467. The van der Waals surface area contributed by atoms with Crippen molar-refractivity contribution < 1.29 is 14.7 Å². The smallest absolute Gasteiger partial charge is 0.320 e. The van der Waals surface area contributed by atoms with E-state index in [4.69, 9.17) is 5.11 Å². The van der Waals surface area contributed by atoms with Crippen molar-refractivity contribution in [3.05, 3.63) is 35.4 Å². The normalized spacial score (nSPS) is 17.8. The van der Waals surface area contributed by atoms with Gasteiger partial charge in [0.2, 0.25) is 0 Å². The van der Waals surface area contributed by atoms with Crippen molar-refractivity contribution in [2.45, 2.75) is 19.9 Å². The first-order valence-electron chi connectivity index (χ1n) is 6.82. The highest BCUT2D eigenvalue weighted by Crippen LogP contribution is 2.12. The molecule has 1 amide bonds. The average Bonchev–Trinajstić information content (AvgIpc) is 2.46. The molecule has 1 aliphatic rings. The van der Waals surface area contributed by atoms with Gasteiger partial charge in [-0.2, -0.15) is 0 Å². The zero-order chi connectivity index (χ0) is 14.7. The highest BCUT2D eigenvalue weighted by molar-refractivity contribution is 5.94. The standard InChI is InChI=1S/C15H20N2O3/c1-11-4-3-5-13(10-11)14(18)17-8-6-16(7-9-17)12(2)15(19)20/h3-5,10,12H,6-9H2,1-2H3,(H,19,20). The molecule has 0 aromatic heterocycles. The third-order valence-electron chi connectivity index (χ3n) is 3.77. The Balaban J connectivity index is 1.97. The molecule has 1 aromatic carbocycles. The van der Waals surface area contributed by atoms with Gasteiger partial charge in [0.05, 0.1) is 0 Å². The summed E-state index contributed by atoms with van der Waals surface area (Å²) in [7, 11) is 0. The van der Waals surface area contributed by atoms with Gasteiger partial charge < -0.3 is 10.0 Å². The van der Waals surface area contributed by atoms with Crippen LogP contribution in [0.25, 0.3) is 0 Å². The molecule has 2 rings (SSSR count). The second-order valence-corrected chi connectivity index (χ2v) is 5.21. The summed E-state index contributed by atoms with van der Waals surface area (Å²) in [6, 6.07) is 7.05. The van der Waals surface area contributed by atoms with E-state index in [1.165, 1.54) is 0 Å². The van der Waals surface area contributed by atoms with Crippen molar-refractivity contribution in [2.75, 3.05) is 26.2 Å². The topological polar surface area (TPSA) is 60.9 Å². The van der Waals surface area contributed by atoms with Gasteiger partial charge in [0.1, 0.15) is 6.04 Å². The van der Waals surface area contributed by atoms with Gasteiger partial charge >= 0.3 is 5.97 Å². The number of rotatable bonds is 3. The number of benzene rings is 1. The van der Waals surface area contributed by atoms with Gasteiger partial charge in [-0.25, -0.2) is 0 Å². The van der Waals surface area contributed by atoms with Crippen LogP contribution in [0.2, 0.25) is 0 Å². The van der Waals surface area contributed by atoms with Gasteiger partial charge in [-0.3, -0.25) is 14.5 Å². The summed E-state index contributed by atoms with van der Waals surface area (Å²) in [5.74, 6) is -0.792. The van der Waals surface area contributed by atoms with Crippen LogP contribution in [0.4, 0.5) is 0 Å². The maximum absolute atomic E-state index is 12.4. The van der Waals surface area contributed by atoms with Crippen LogP contribution in [0.5, 0.6) is 0 Å². The number of nitrogens with zero attached hydrogens (tertiary/aromatic N) is 2. The summed E-state index contributed by atoms with van der Waals surface area (Å²) in [6.07, 6.45) is 0. The first kappa shape index (κ1) is 14.5. The third kappa shape index (κ3) is 3.17. The molecule has 108 valence electrons. The zero-order valence-corrected chi connectivity index (χ0v) is 11.9. The van der Waals surface area contributed by atoms with Crippen molar-refractivity contribution in [1.29, 1.82) is 0 Å². The molecule has 1 saturated heterocycles. The van der Waals surface area contributed by atoms with Crippen LogP contribution < -0.4 is 0 Å². The van der Waals surface area contributed by atoms with Crippen LogP contribution in [0.1, 0.15) is 22.8 Å². The van der Waals surface area contributed by atoms with Crippen LogP contribution >= 0.6 is 0 Å². The summed E-state index contributed by atoms with van der Waals surface area (Å²) in [5.41, 5.74) is 1.76. The predicted molar refractivity (Wildman–Crippen MR) is 75.8 cm³/mol. The molecule has 5 nitrogen and oxygen atoms in total. The van der Waals surface area contributed by atoms with Crippen LogP contribution in [-0.4, -0.2) is 59.0 Å². The zero-order valence-electron chi connectivity index (χ0n) is 11.9. The van der Waals surface area contributed by atoms with Crippen LogP contribution in [0.3, 0.4) is 0 Å². The largest absolute Gasteiger partial charge is 0.480 e. The number of carboxylic acids is 1. The molecule has 1 unspecified atom stereocenters. The fourth-order valence-electron chi connectivity index (χ4n) is 2.43. The Labute approximate surface area is 118 Å². The van der Waals surface area contributed by atoms with E-state index >= 15 is 0 Å². The SMILES string of the molecule is Cc1cccc(C(=O)N2CCN(C(C)C(=O)O)CC2)c1. The number of aliphatic carboxylic acids is 1. The molecule has 0 spiro atoms. The van der Waals surface area contributed by atoms with Gasteiger partial charge in [-0.05, 0) is 26.0 Å². The summed E-state index contributed by atoms with van der Waals surface area (Å²) >= 11 is 0. The van der Waals surface area contributed by atoms with Crippen LogP contribution in [0.15, 0.2) is 24.3 Å². The quantitative estimate of drug-likeness (QED) is 0.902. The van der Waals surface area contributed by atoms with Crippen molar-refractivity contribution in [1.82, 2.24) is 9.80 Å². The Morgan fingerprint density at radius 1 is 1.20 bits per heavy atom. The second-order valence-electron chi connectivity index (χ2n) is 5.21. The maximum atomic E-state index is 12.4. The summed E-state index contributed by atoms with van der Waals surface area (Å²) in [5, 5.41) is 9.00. The third-order valence-corrected chi connectivity index (χ3v) is 3.77. The Morgan fingerprint density at radius 3 is 2.40 bits per heavy atom. The van der Waals surface area contributed by atoms with Gasteiger partial charge in [-0.15, -0.1) is 0 Å². The molecule has 1 atom stereocenters. The van der Waals surface area contributed by atoms with E-state index in [0.717, 1.165) is 5.56 Å². The highest BCUT2D eigenvalue weighted by Gasteiger charge is 2.27. The summed E-state index contributed by atoms with van der Waals surface area (Å²) in [6.45, 7) is 5.99. The first-order chi connectivity index (χ1) is 9.49. The molecule has 1 fully saturated rings. The molecule has 0 radical (unpaired) electrons. The van der Waals surface area contributed by atoms with E-state index in [0.29, 0.717) is 31.7 Å². The Bertz CT molecular complexity index is 508. The summed E-state index contributed by atoms with van der Waals surface area (Å²) < 4.78 is 0. The number of carbonyl (C=O) groups excluding carboxylic acids is 1. The van der Waals surface area contributed by atoms with Crippen molar-refractivity contribution in [3.8, 4) is 0 Å². The number of aryl methyl sites for hydroxylation is 1. The van der Waals surface area contributed by atoms with E-state index in [2.05, 4.69) is 0 Å². The fourth-order valence-corrected chi connectivity index (χ4v) is 2.43. The molecule has 1 aliphatic heterocycles. The number of amides is 1. The van der Waals surface area contributed by atoms with Crippen LogP contribution in [0, 0.1) is 6.92 Å². The second kappa shape index (κ2) is 6.05. The van der Waals surface area contributed by atoms with Crippen molar-refractivity contribution >= 4 is 11.9 Å². The lowest BCUT2D eigenvalue weighted by Gasteiger charge is -2.36. The summed E-state index contributed by atoms with van der Waals surface area (Å²) in [4.78, 5) is 27.0. The molecule has 0 aliphatic carbocycles. The van der Waals surface area contributed by atoms with Gasteiger partial charge in [0, 0.05) is 31.7 Å².